The van der Waals surface area contributed by atoms with E-state index in [0.29, 0.717) is 24.6 Å². The number of thioether (sulfide) groups is 1. The zero-order valence-corrected chi connectivity index (χ0v) is 14.7. The van der Waals surface area contributed by atoms with Crippen molar-refractivity contribution in [2.24, 2.45) is 0 Å². The summed E-state index contributed by atoms with van der Waals surface area (Å²) in [5, 5.41) is 5.65. The predicted octanol–water partition coefficient (Wildman–Crippen LogP) is 2.05. The van der Waals surface area contributed by atoms with Crippen LogP contribution < -0.4 is 15.4 Å². The van der Waals surface area contributed by atoms with E-state index in [2.05, 4.69) is 10.6 Å². The van der Waals surface area contributed by atoms with Gasteiger partial charge in [0.1, 0.15) is 5.75 Å². The highest BCUT2D eigenvalue weighted by Gasteiger charge is 2.16. The number of amides is 2. The van der Waals surface area contributed by atoms with Crippen LogP contribution in [0.2, 0.25) is 0 Å². The van der Waals surface area contributed by atoms with E-state index >= 15 is 0 Å². The van der Waals surface area contributed by atoms with Crippen LogP contribution in [0.15, 0.2) is 24.3 Å². The van der Waals surface area contributed by atoms with Crippen LogP contribution in [0, 0.1) is 0 Å². The molecule has 7 heteroatoms. The molecular formula is C17H24N2O4S. The first-order valence-corrected chi connectivity index (χ1v) is 9.32. The van der Waals surface area contributed by atoms with Crippen LogP contribution in [0.1, 0.15) is 19.8 Å². The number of carbonyl (C=O) groups is 2. The van der Waals surface area contributed by atoms with Gasteiger partial charge in [0.2, 0.25) is 11.8 Å². The van der Waals surface area contributed by atoms with Gasteiger partial charge in [0.25, 0.3) is 0 Å². The normalized spacial score (nSPS) is 16.6. The van der Waals surface area contributed by atoms with Gasteiger partial charge in [-0.15, -0.1) is 11.8 Å². The molecule has 132 valence electrons. The smallest absolute Gasteiger partial charge is 0.234 e. The van der Waals surface area contributed by atoms with Crippen molar-refractivity contribution in [3.63, 3.8) is 0 Å². The van der Waals surface area contributed by atoms with Gasteiger partial charge in [0, 0.05) is 13.2 Å². The fourth-order valence-electron chi connectivity index (χ4n) is 2.36. The van der Waals surface area contributed by atoms with Gasteiger partial charge in [0.15, 0.2) is 0 Å². The molecule has 1 aliphatic heterocycles. The molecule has 1 aromatic rings. The Morgan fingerprint density at radius 3 is 2.83 bits per heavy atom. The molecule has 0 radical (unpaired) electrons. The first-order valence-electron chi connectivity index (χ1n) is 8.16. The fraction of sp³-hybridized carbons (Fsp3) is 0.529. The van der Waals surface area contributed by atoms with Crippen LogP contribution in [0.4, 0.5) is 5.69 Å². The Bertz CT molecular complexity index is 547. The van der Waals surface area contributed by atoms with Crippen LogP contribution >= 0.6 is 11.8 Å². The fourth-order valence-corrected chi connectivity index (χ4v) is 3.01. The minimum absolute atomic E-state index is 0.0713. The molecule has 1 unspecified atom stereocenters. The third kappa shape index (κ3) is 6.41. The minimum Gasteiger partial charge on any atom is -0.492 e. The molecule has 2 amide bonds. The van der Waals surface area contributed by atoms with Gasteiger partial charge in [-0.3, -0.25) is 9.59 Å². The SMILES string of the molecule is CCOc1ccccc1NC(=O)CSCC(=O)NCC1CCCO1. The van der Waals surface area contributed by atoms with Gasteiger partial charge in [-0.25, -0.2) is 0 Å². The van der Waals surface area contributed by atoms with Crippen molar-refractivity contribution >= 4 is 29.3 Å². The molecule has 0 bridgehead atoms. The van der Waals surface area contributed by atoms with E-state index in [-0.39, 0.29) is 29.4 Å². The van der Waals surface area contributed by atoms with Crippen molar-refractivity contribution in [1.29, 1.82) is 0 Å². The average Bonchev–Trinajstić information content (AvgIpc) is 3.08. The highest BCUT2D eigenvalue weighted by atomic mass is 32.2. The zero-order chi connectivity index (χ0) is 17.2. The second kappa shape index (κ2) is 10.2. The first-order chi connectivity index (χ1) is 11.7. The standard InChI is InChI=1S/C17H24N2O4S/c1-2-22-15-8-4-3-7-14(15)19-17(21)12-24-11-16(20)18-10-13-6-5-9-23-13/h3-4,7-8,13H,2,5-6,9-12H2,1H3,(H,18,20)(H,19,21). The van der Waals surface area contributed by atoms with E-state index in [1.165, 1.54) is 11.8 Å². The Morgan fingerprint density at radius 1 is 1.29 bits per heavy atom. The van der Waals surface area contributed by atoms with Crippen molar-refractivity contribution in [3.8, 4) is 5.75 Å². The lowest BCUT2D eigenvalue weighted by atomic mass is 10.2. The van der Waals surface area contributed by atoms with Crippen molar-refractivity contribution < 1.29 is 19.1 Å². The summed E-state index contributed by atoms with van der Waals surface area (Å²) in [6.45, 7) is 3.75. The number of carbonyl (C=O) groups excluding carboxylic acids is 2. The summed E-state index contributed by atoms with van der Waals surface area (Å²) in [6.07, 6.45) is 2.19. The van der Waals surface area contributed by atoms with Crippen LogP contribution in [0.3, 0.4) is 0 Å². The summed E-state index contributed by atoms with van der Waals surface area (Å²) >= 11 is 1.28. The first kappa shape index (κ1) is 18.6. The molecule has 1 saturated heterocycles. The molecule has 0 aliphatic carbocycles. The number of hydrogen-bond donors (Lipinski definition) is 2. The third-order valence-electron chi connectivity index (χ3n) is 3.48. The Kier molecular flexibility index (Phi) is 7.91. The molecule has 0 spiro atoms. The highest BCUT2D eigenvalue weighted by Crippen LogP contribution is 2.23. The van der Waals surface area contributed by atoms with Crippen LogP contribution in [-0.2, 0) is 14.3 Å². The summed E-state index contributed by atoms with van der Waals surface area (Å²) in [5.74, 6) is 0.894. The Hall–Kier alpha value is -1.73. The molecule has 1 aromatic carbocycles. The molecule has 2 N–H and O–H groups in total. The second-order valence-corrected chi connectivity index (χ2v) is 6.39. The molecular weight excluding hydrogens is 328 g/mol. The van der Waals surface area contributed by atoms with E-state index in [4.69, 9.17) is 9.47 Å². The number of benzene rings is 1. The van der Waals surface area contributed by atoms with Crippen LogP contribution in [-0.4, -0.2) is 49.2 Å². The van der Waals surface area contributed by atoms with E-state index in [1.54, 1.807) is 6.07 Å². The molecule has 2 rings (SSSR count). The summed E-state index contributed by atoms with van der Waals surface area (Å²) in [4.78, 5) is 23.7. The maximum absolute atomic E-state index is 12.0. The molecule has 1 fully saturated rings. The molecule has 0 aromatic heterocycles. The van der Waals surface area contributed by atoms with Gasteiger partial charge >= 0.3 is 0 Å². The molecule has 1 aliphatic rings. The Morgan fingerprint density at radius 2 is 2.08 bits per heavy atom. The number of ether oxygens (including phenoxy) is 2. The Balaban J connectivity index is 1.65. The summed E-state index contributed by atoms with van der Waals surface area (Å²) in [7, 11) is 0. The molecule has 6 nitrogen and oxygen atoms in total. The van der Waals surface area contributed by atoms with Crippen molar-refractivity contribution in [3.05, 3.63) is 24.3 Å². The molecule has 1 atom stereocenters. The van der Waals surface area contributed by atoms with Gasteiger partial charge in [-0.05, 0) is 31.9 Å². The third-order valence-corrected chi connectivity index (χ3v) is 4.41. The number of hydrogen-bond acceptors (Lipinski definition) is 5. The van der Waals surface area contributed by atoms with E-state index in [9.17, 15) is 9.59 Å². The van der Waals surface area contributed by atoms with Crippen molar-refractivity contribution in [1.82, 2.24) is 5.32 Å². The van der Waals surface area contributed by atoms with Gasteiger partial charge in [0.05, 0.1) is 29.9 Å². The van der Waals surface area contributed by atoms with E-state index < -0.39 is 0 Å². The number of rotatable bonds is 9. The number of para-hydroxylation sites is 2. The van der Waals surface area contributed by atoms with Crippen molar-refractivity contribution in [2.45, 2.75) is 25.9 Å². The predicted molar refractivity (Wildman–Crippen MR) is 95.5 cm³/mol. The second-order valence-electron chi connectivity index (χ2n) is 5.41. The lowest BCUT2D eigenvalue weighted by Crippen LogP contribution is -2.33. The number of anilines is 1. The summed E-state index contributed by atoms with van der Waals surface area (Å²) in [5.41, 5.74) is 0.646. The van der Waals surface area contributed by atoms with Gasteiger partial charge < -0.3 is 20.1 Å². The monoisotopic (exact) mass is 352 g/mol. The molecule has 0 saturated carbocycles. The topological polar surface area (TPSA) is 76.7 Å². The van der Waals surface area contributed by atoms with Crippen LogP contribution in [0.25, 0.3) is 0 Å². The van der Waals surface area contributed by atoms with Crippen molar-refractivity contribution in [2.75, 3.05) is 36.6 Å². The molecule has 24 heavy (non-hydrogen) atoms. The minimum atomic E-state index is -0.154. The lowest BCUT2D eigenvalue weighted by Gasteiger charge is -2.12. The highest BCUT2D eigenvalue weighted by molar-refractivity contribution is 8.00. The maximum Gasteiger partial charge on any atom is 0.234 e. The molecule has 1 heterocycles. The quantitative estimate of drug-likeness (QED) is 0.711. The largest absolute Gasteiger partial charge is 0.492 e. The summed E-state index contributed by atoms with van der Waals surface area (Å²) < 4.78 is 10.9. The average molecular weight is 352 g/mol. The maximum atomic E-state index is 12.0. The lowest BCUT2D eigenvalue weighted by molar-refractivity contribution is -0.119. The van der Waals surface area contributed by atoms with Gasteiger partial charge in [-0.2, -0.15) is 0 Å². The summed E-state index contributed by atoms with van der Waals surface area (Å²) in [6, 6.07) is 7.30. The van der Waals surface area contributed by atoms with E-state index in [1.807, 2.05) is 25.1 Å². The van der Waals surface area contributed by atoms with E-state index in [0.717, 1.165) is 19.4 Å². The van der Waals surface area contributed by atoms with Crippen LogP contribution in [0.5, 0.6) is 5.75 Å². The Labute approximate surface area is 146 Å². The zero-order valence-electron chi connectivity index (χ0n) is 13.9. The number of nitrogens with one attached hydrogen (secondary N) is 2. The van der Waals surface area contributed by atoms with Gasteiger partial charge in [-0.1, -0.05) is 12.1 Å².